The third-order valence-electron chi connectivity index (χ3n) is 5.72. The molecule has 0 spiro atoms. The summed E-state index contributed by atoms with van der Waals surface area (Å²) >= 11 is 0. The second-order valence-corrected chi connectivity index (χ2v) is 7.51. The highest BCUT2D eigenvalue weighted by Gasteiger charge is 2.26. The third-order valence-corrected chi connectivity index (χ3v) is 5.72. The monoisotopic (exact) mass is 344 g/mol. The lowest BCUT2D eigenvalue weighted by atomic mass is 10.00. The molecule has 3 rings (SSSR count). The number of hydrogen-bond donors (Lipinski definition) is 2. The van der Waals surface area contributed by atoms with E-state index in [4.69, 9.17) is 5.73 Å². The molecule has 25 heavy (non-hydrogen) atoms. The van der Waals surface area contributed by atoms with Gasteiger partial charge in [-0.3, -0.25) is 9.69 Å². The lowest BCUT2D eigenvalue weighted by Gasteiger charge is -2.34. The number of hydrogen-bond acceptors (Lipinski definition) is 4. The molecule has 0 radical (unpaired) electrons. The molecule has 0 bridgehead atoms. The molecule has 2 aliphatic rings. The Balaban J connectivity index is 1.44. The summed E-state index contributed by atoms with van der Waals surface area (Å²) < 4.78 is 0. The van der Waals surface area contributed by atoms with Gasteiger partial charge >= 0.3 is 0 Å². The van der Waals surface area contributed by atoms with Crippen molar-refractivity contribution in [1.82, 2.24) is 9.80 Å². The quantitative estimate of drug-likeness (QED) is 0.831. The van der Waals surface area contributed by atoms with Crippen molar-refractivity contribution in [1.29, 1.82) is 0 Å². The summed E-state index contributed by atoms with van der Waals surface area (Å²) in [5.41, 5.74) is 8.25. The van der Waals surface area contributed by atoms with Gasteiger partial charge < -0.3 is 16.0 Å². The lowest BCUT2D eigenvalue weighted by Crippen LogP contribution is -2.45. The summed E-state index contributed by atoms with van der Waals surface area (Å²) in [6.45, 7) is 8.95. The van der Waals surface area contributed by atoms with Crippen LogP contribution >= 0.6 is 0 Å². The molecule has 1 aliphatic heterocycles. The number of nitrogens with zero attached hydrogens (tertiary/aromatic N) is 2. The first-order valence-corrected chi connectivity index (χ1v) is 9.73. The minimum atomic E-state index is 0.0887. The Morgan fingerprint density at radius 2 is 1.80 bits per heavy atom. The predicted octanol–water partition coefficient (Wildman–Crippen LogP) is 2.28. The van der Waals surface area contributed by atoms with Gasteiger partial charge in [0.25, 0.3) is 0 Å². The molecule has 5 heteroatoms. The predicted molar refractivity (Wildman–Crippen MR) is 102 cm³/mol. The van der Waals surface area contributed by atoms with Gasteiger partial charge in [-0.25, -0.2) is 0 Å². The molecule has 1 heterocycles. The number of likely N-dealkylation sites (N-methyl/N-ethyl adjacent to an activating group) is 1. The molecule has 1 saturated carbocycles. The van der Waals surface area contributed by atoms with Gasteiger partial charge in [0, 0.05) is 50.9 Å². The zero-order valence-corrected chi connectivity index (χ0v) is 15.4. The highest BCUT2D eigenvalue weighted by atomic mass is 16.1. The van der Waals surface area contributed by atoms with E-state index < -0.39 is 0 Å². The molecule has 1 aromatic rings. The highest BCUT2D eigenvalue weighted by molar-refractivity contribution is 5.90. The molecule has 2 atom stereocenters. The Morgan fingerprint density at radius 1 is 1.12 bits per heavy atom. The van der Waals surface area contributed by atoms with Crippen LogP contribution in [0.5, 0.6) is 0 Å². The number of carbonyl (C=O) groups is 1. The molecule has 0 unspecified atom stereocenters. The first-order chi connectivity index (χ1) is 12.1. The van der Waals surface area contributed by atoms with E-state index in [1.807, 2.05) is 12.1 Å². The second kappa shape index (κ2) is 8.79. The molecule has 1 saturated heterocycles. The van der Waals surface area contributed by atoms with Crippen molar-refractivity contribution >= 4 is 11.6 Å². The fourth-order valence-corrected chi connectivity index (χ4v) is 3.98. The SMILES string of the molecule is CCN1CCN(Cc2ccc(NC(=O)C[C@@H]3CCC[C@H]3N)cc2)CC1. The van der Waals surface area contributed by atoms with Crippen LogP contribution in [0.3, 0.4) is 0 Å². The van der Waals surface area contributed by atoms with E-state index in [9.17, 15) is 4.79 Å². The van der Waals surface area contributed by atoms with Gasteiger partial charge in [-0.1, -0.05) is 25.5 Å². The fourth-order valence-electron chi connectivity index (χ4n) is 3.98. The van der Waals surface area contributed by atoms with E-state index >= 15 is 0 Å². The fraction of sp³-hybridized carbons (Fsp3) is 0.650. The molecule has 0 aromatic heterocycles. The smallest absolute Gasteiger partial charge is 0.224 e. The van der Waals surface area contributed by atoms with Gasteiger partial charge in [0.05, 0.1) is 0 Å². The van der Waals surface area contributed by atoms with Crippen molar-refractivity contribution in [2.75, 3.05) is 38.0 Å². The van der Waals surface area contributed by atoms with E-state index in [-0.39, 0.29) is 11.9 Å². The van der Waals surface area contributed by atoms with Gasteiger partial charge in [-0.05, 0) is 43.0 Å². The number of anilines is 1. The van der Waals surface area contributed by atoms with Crippen LogP contribution in [0.2, 0.25) is 0 Å². The van der Waals surface area contributed by atoms with Crippen molar-refractivity contribution in [2.45, 2.75) is 45.2 Å². The van der Waals surface area contributed by atoms with E-state index in [0.717, 1.165) is 64.2 Å². The maximum atomic E-state index is 12.2. The average molecular weight is 345 g/mol. The Kier molecular flexibility index (Phi) is 6.45. The van der Waals surface area contributed by atoms with Crippen LogP contribution in [-0.4, -0.2) is 54.5 Å². The van der Waals surface area contributed by atoms with Crippen molar-refractivity contribution in [3.05, 3.63) is 29.8 Å². The van der Waals surface area contributed by atoms with E-state index in [0.29, 0.717) is 12.3 Å². The van der Waals surface area contributed by atoms with Crippen molar-refractivity contribution < 1.29 is 4.79 Å². The normalized spacial score (nSPS) is 25.2. The number of rotatable bonds is 6. The van der Waals surface area contributed by atoms with Crippen LogP contribution in [0, 0.1) is 5.92 Å². The van der Waals surface area contributed by atoms with Gasteiger partial charge in [0.2, 0.25) is 5.91 Å². The Bertz CT molecular complexity index is 551. The summed E-state index contributed by atoms with van der Waals surface area (Å²) in [5, 5.41) is 3.02. The molecule has 2 fully saturated rings. The third kappa shape index (κ3) is 5.27. The highest BCUT2D eigenvalue weighted by Crippen LogP contribution is 2.27. The summed E-state index contributed by atoms with van der Waals surface area (Å²) in [6.07, 6.45) is 3.84. The lowest BCUT2D eigenvalue weighted by molar-refractivity contribution is -0.117. The van der Waals surface area contributed by atoms with Gasteiger partial charge in [-0.2, -0.15) is 0 Å². The first kappa shape index (κ1) is 18.4. The van der Waals surface area contributed by atoms with E-state index in [1.54, 1.807) is 0 Å². The molecular formula is C20H32N4O. The van der Waals surface area contributed by atoms with Crippen LogP contribution in [-0.2, 0) is 11.3 Å². The number of nitrogens with one attached hydrogen (secondary N) is 1. The van der Waals surface area contributed by atoms with Crippen LogP contribution in [0.4, 0.5) is 5.69 Å². The molecule has 1 aromatic carbocycles. The number of nitrogens with two attached hydrogens (primary N) is 1. The largest absolute Gasteiger partial charge is 0.327 e. The zero-order chi connectivity index (χ0) is 17.6. The van der Waals surface area contributed by atoms with Crippen molar-refractivity contribution in [3.63, 3.8) is 0 Å². The topological polar surface area (TPSA) is 61.6 Å². The minimum absolute atomic E-state index is 0.0887. The standard InChI is InChI=1S/C20H32N4O/c1-2-23-10-12-24(13-11-23)15-16-6-8-18(9-7-16)22-20(25)14-17-4-3-5-19(17)21/h6-9,17,19H,2-5,10-15,21H2,1H3,(H,22,25)/t17-,19+/m0/s1. The Morgan fingerprint density at radius 3 is 2.40 bits per heavy atom. The Labute approximate surface area is 151 Å². The maximum absolute atomic E-state index is 12.2. The molecular weight excluding hydrogens is 312 g/mol. The van der Waals surface area contributed by atoms with Gasteiger partial charge in [0.1, 0.15) is 0 Å². The van der Waals surface area contributed by atoms with Crippen LogP contribution < -0.4 is 11.1 Å². The molecule has 3 N–H and O–H groups in total. The van der Waals surface area contributed by atoms with Gasteiger partial charge in [0.15, 0.2) is 0 Å². The van der Waals surface area contributed by atoms with Gasteiger partial charge in [-0.15, -0.1) is 0 Å². The van der Waals surface area contributed by atoms with Crippen LogP contribution in [0.15, 0.2) is 24.3 Å². The minimum Gasteiger partial charge on any atom is -0.327 e. The summed E-state index contributed by atoms with van der Waals surface area (Å²) in [5.74, 6) is 0.437. The zero-order valence-electron chi connectivity index (χ0n) is 15.4. The molecule has 5 nitrogen and oxygen atoms in total. The molecule has 1 aliphatic carbocycles. The summed E-state index contributed by atoms with van der Waals surface area (Å²) in [6, 6.07) is 8.49. The summed E-state index contributed by atoms with van der Waals surface area (Å²) in [7, 11) is 0. The number of amides is 1. The first-order valence-electron chi connectivity index (χ1n) is 9.73. The van der Waals surface area contributed by atoms with E-state index in [2.05, 4.69) is 34.2 Å². The van der Waals surface area contributed by atoms with Crippen LogP contribution in [0.1, 0.15) is 38.2 Å². The van der Waals surface area contributed by atoms with Crippen molar-refractivity contribution in [2.24, 2.45) is 11.7 Å². The molecule has 1 amide bonds. The number of carbonyl (C=O) groups excluding carboxylic acids is 1. The number of benzene rings is 1. The van der Waals surface area contributed by atoms with E-state index in [1.165, 1.54) is 5.56 Å². The molecule has 138 valence electrons. The van der Waals surface area contributed by atoms with Crippen molar-refractivity contribution in [3.8, 4) is 0 Å². The number of piperazine rings is 1. The van der Waals surface area contributed by atoms with Crippen LogP contribution in [0.25, 0.3) is 0 Å². The summed E-state index contributed by atoms with van der Waals surface area (Å²) in [4.78, 5) is 17.2. The second-order valence-electron chi connectivity index (χ2n) is 7.51. The average Bonchev–Trinajstić information content (AvgIpc) is 3.02. The Hall–Kier alpha value is -1.43. The maximum Gasteiger partial charge on any atom is 0.224 e.